The van der Waals surface area contributed by atoms with Crippen molar-refractivity contribution in [3.63, 3.8) is 0 Å². The molecule has 0 aliphatic heterocycles. The molecule has 198 valence electrons. The number of aromatic hydroxyl groups is 4. The number of hydrogen-bond donors (Lipinski definition) is 4. The fraction of sp³-hybridized carbons (Fsp3) is 0.121. The van der Waals surface area contributed by atoms with Crippen molar-refractivity contribution in [3.05, 3.63) is 136 Å². The van der Waals surface area contributed by atoms with Crippen molar-refractivity contribution in [1.29, 1.82) is 0 Å². The molecule has 0 saturated carbocycles. The Morgan fingerprint density at radius 1 is 0.450 bits per heavy atom. The van der Waals surface area contributed by atoms with Crippen LogP contribution in [0.3, 0.4) is 0 Å². The number of aromatic nitrogens is 1. The van der Waals surface area contributed by atoms with E-state index < -0.39 is 0 Å². The third-order valence-electron chi connectivity index (χ3n) is 7.31. The minimum Gasteiger partial charge on any atom is -0.507 e. The highest BCUT2D eigenvalue weighted by Gasteiger charge is 2.19. The Morgan fingerprint density at radius 3 is 1.23 bits per heavy atom. The minimum absolute atomic E-state index is 0.0740. The molecule has 0 atom stereocenters. The molecular formula is C33H27N3O4. The van der Waals surface area contributed by atoms with Gasteiger partial charge in [0.2, 0.25) is 0 Å². The molecule has 0 radical (unpaired) electrons. The fourth-order valence-corrected chi connectivity index (χ4v) is 5.21. The number of phenolic OH excluding ortho intramolecular Hbond substituents is 4. The van der Waals surface area contributed by atoms with Gasteiger partial charge in [0.25, 0.3) is 0 Å². The average Bonchev–Trinajstić information content (AvgIpc) is 2.96. The molecule has 1 aliphatic rings. The summed E-state index contributed by atoms with van der Waals surface area (Å²) in [6.45, 7) is 0. The second-order valence-corrected chi connectivity index (χ2v) is 10.0. The highest BCUT2D eigenvalue weighted by molar-refractivity contribution is 5.58. The zero-order chi connectivity index (χ0) is 27.6. The zero-order valence-electron chi connectivity index (χ0n) is 21.6. The van der Waals surface area contributed by atoms with E-state index in [1.807, 2.05) is 54.6 Å². The van der Waals surface area contributed by atoms with Crippen molar-refractivity contribution in [2.75, 3.05) is 0 Å². The summed E-state index contributed by atoms with van der Waals surface area (Å²) in [7, 11) is 0. The van der Waals surface area contributed by atoms with Crippen molar-refractivity contribution in [2.24, 2.45) is 10.2 Å². The van der Waals surface area contributed by atoms with E-state index >= 15 is 0 Å². The maximum atomic E-state index is 11.4. The molecule has 1 aliphatic carbocycles. The van der Waals surface area contributed by atoms with Crippen LogP contribution in [-0.2, 0) is 25.7 Å². The summed E-state index contributed by atoms with van der Waals surface area (Å²) in [4.78, 5) is 4.07. The van der Waals surface area contributed by atoms with E-state index in [0.29, 0.717) is 68.7 Å². The van der Waals surface area contributed by atoms with E-state index in [-0.39, 0.29) is 35.8 Å². The molecule has 8 bridgehead atoms. The summed E-state index contributed by atoms with van der Waals surface area (Å²) in [6, 6.07) is 23.6. The van der Waals surface area contributed by atoms with Gasteiger partial charge in [-0.25, -0.2) is 0 Å². The van der Waals surface area contributed by atoms with Gasteiger partial charge in [-0.05, 0) is 57.6 Å². The van der Waals surface area contributed by atoms with E-state index in [1.54, 1.807) is 36.7 Å². The highest BCUT2D eigenvalue weighted by atomic mass is 16.3. The predicted molar refractivity (Wildman–Crippen MR) is 152 cm³/mol. The molecule has 0 saturated heterocycles. The van der Waals surface area contributed by atoms with E-state index in [2.05, 4.69) is 15.2 Å². The molecule has 0 fully saturated rings. The molecule has 5 aromatic rings. The van der Waals surface area contributed by atoms with E-state index in [0.717, 1.165) is 0 Å². The van der Waals surface area contributed by atoms with Gasteiger partial charge in [-0.3, -0.25) is 4.98 Å². The Balaban J connectivity index is 1.52. The lowest BCUT2D eigenvalue weighted by molar-refractivity contribution is 0.450. The van der Waals surface area contributed by atoms with Crippen molar-refractivity contribution in [2.45, 2.75) is 25.7 Å². The Hall–Kier alpha value is -5.17. The van der Waals surface area contributed by atoms with Gasteiger partial charge < -0.3 is 20.4 Å². The number of pyridine rings is 1. The molecule has 7 nitrogen and oxygen atoms in total. The summed E-state index contributed by atoms with van der Waals surface area (Å²) >= 11 is 0. The third kappa shape index (κ3) is 4.97. The van der Waals surface area contributed by atoms with Gasteiger partial charge >= 0.3 is 0 Å². The summed E-state index contributed by atoms with van der Waals surface area (Å²) in [5.74, 6) is 0.455. The standard InChI is InChI=1S/C33H27N3O4/c37-30-20-5-1-6-21(30)14-23-8-3-10-25(32(23)39)16-27-18-29(36-35-28-11-4-12-34-19-28)17-26(33(27)40)15-24-9-2-7-22(13-20)31(24)38/h1-12,17-19,37-40H,13-16H2. The summed E-state index contributed by atoms with van der Waals surface area (Å²) in [6.07, 6.45) is 4.40. The van der Waals surface area contributed by atoms with Gasteiger partial charge in [-0.2, -0.15) is 5.11 Å². The molecule has 0 unspecified atom stereocenters. The fourth-order valence-electron chi connectivity index (χ4n) is 5.21. The summed E-state index contributed by atoms with van der Waals surface area (Å²) < 4.78 is 0. The first-order chi connectivity index (χ1) is 19.5. The van der Waals surface area contributed by atoms with Gasteiger partial charge in [-0.1, -0.05) is 54.6 Å². The number of hydrogen-bond acceptors (Lipinski definition) is 7. The van der Waals surface area contributed by atoms with E-state index in [4.69, 9.17) is 0 Å². The zero-order valence-corrected chi connectivity index (χ0v) is 21.6. The molecule has 7 heteroatoms. The van der Waals surface area contributed by atoms with Gasteiger partial charge in [0.15, 0.2) is 0 Å². The van der Waals surface area contributed by atoms with Crippen LogP contribution in [0.15, 0.2) is 101 Å². The first-order valence-electron chi connectivity index (χ1n) is 13.0. The lowest BCUT2D eigenvalue weighted by Crippen LogP contribution is -2.00. The minimum atomic E-state index is 0.0740. The van der Waals surface area contributed by atoms with Crippen LogP contribution in [0.1, 0.15) is 44.5 Å². The van der Waals surface area contributed by atoms with Gasteiger partial charge in [-0.15, -0.1) is 5.11 Å². The van der Waals surface area contributed by atoms with E-state index in [1.165, 1.54) is 0 Å². The quantitative estimate of drug-likeness (QED) is 0.180. The first-order valence-corrected chi connectivity index (χ1v) is 13.0. The smallest absolute Gasteiger partial charge is 0.122 e. The van der Waals surface area contributed by atoms with Crippen molar-refractivity contribution >= 4 is 11.4 Å². The van der Waals surface area contributed by atoms with Gasteiger partial charge in [0, 0.05) is 43.0 Å². The second-order valence-electron chi connectivity index (χ2n) is 10.0. The largest absolute Gasteiger partial charge is 0.507 e. The Bertz CT molecular complexity index is 1650. The SMILES string of the molecule is Oc1c2cccc1Cc1cccc(c1O)Cc1cc(N=Nc3cccnc3)cc(c1O)Cc1cccc(c1O)C2. The highest BCUT2D eigenvalue weighted by Crippen LogP contribution is 2.38. The average molecular weight is 530 g/mol. The first kappa shape index (κ1) is 25.1. The Labute approximate surface area is 231 Å². The number of phenols is 4. The van der Waals surface area contributed by atoms with Crippen molar-refractivity contribution in [1.82, 2.24) is 4.98 Å². The molecular weight excluding hydrogens is 502 g/mol. The normalized spacial score (nSPS) is 12.9. The number of nitrogens with zero attached hydrogens (tertiary/aromatic N) is 3. The second kappa shape index (κ2) is 10.5. The predicted octanol–water partition coefficient (Wildman–Crippen LogP) is 7.00. The lowest BCUT2D eigenvalue weighted by Gasteiger charge is -2.17. The maximum absolute atomic E-state index is 11.4. The number of azo groups is 1. The van der Waals surface area contributed by atoms with Crippen LogP contribution >= 0.6 is 0 Å². The number of fused-ring (bicyclic) bond motifs is 8. The molecule has 40 heavy (non-hydrogen) atoms. The van der Waals surface area contributed by atoms with Crippen LogP contribution in [0.4, 0.5) is 11.4 Å². The van der Waals surface area contributed by atoms with Crippen LogP contribution in [0, 0.1) is 0 Å². The van der Waals surface area contributed by atoms with Crippen LogP contribution in [0.25, 0.3) is 0 Å². The van der Waals surface area contributed by atoms with Crippen molar-refractivity contribution < 1.29 is 20.4 Å². The van der Waals surface area contributed by atoms with Crippen LogP contribution in [-0.4, -0.2) is 25.4 Å². The molecule has 1 heterocycles. The molecule has 4 N–H and O–H groups in total. The molecule has 1 aromatic heterocycles. The Morgan fingerprint density at radius 2 is 0.825 bits per heavy atom. The number of benzene rings is 4. The van der Waals surface area contributed by atoms with Gasteiger partial charge in [0.1, 0.15) is 28.7 Å². The monoisotopic (exact) mass is 529 g/mol. The van der Waals surface area contributed by atoms with Crippen LogP contribution < -0.4 is 0 Å². The summed E-state index contributed by atoms with van der Waals surface area (Å²) in [5, 5.41) is 53.6. The van der Waals surface area contributed by atoms with E-state index in [9.17, 15) is 20.4 Å². The molecule has 0 amide bonds. The third-order valence-corrected chi connectivity index (χ3v) is 7.31. The Kier molecular flexibility index (Phi) is 6.62. The number of para-hydroxylation sites is 3. The molecule has 0 spiro atoms. The molecule has 4 aromatic carbocycles. The van der Waals surface area contributed by atoms with Gasteiger partial charge in [0.05, 0.1) is 11.9 Å². The summed E-state index contributed by atoms with van der Waals surface area (Å²) in [5.41, 5.74) is 6.19. The number of rotatable bonds is 2. The van der Waals surface area contributed by atoms with Crippen molar-refractivity contribution in [3.8, 4) is 23.0 Å². The maximum Gasteiger partial charge on any atom is 0.122 e. The molecule has 6 rings (SSSR count). The topological polar surface area (TPSA) is 119 Å². The van der Waals surface area contributed by atoms with Crippen LogP contribution in [0.5, 0.6) is 23.0 Å². The lowest BCUT2D eigenvalue weighted by atomic mass is 9.91. The van der Waals surface area contributed by atoms with Crippen LogP contribution in [0.2, 0.25) is 0 Å².